The highest BCUT2D eigenvalue weighted by Gasteiger charge is 2.31. The molecule has 0 bridgehead atoms. The Morgan fingerprint density at radius 1 is 1.54 bits per heavy atom. The number of benzene rings is 1. The lowest BCUT2D eigenvalue weighted by Gasteiger charge is -2.12. The molecule has 2 nitrogen and oxygen atoms in total. The maximum Gasteiger partial charge on any atom is 0.138 e. The van der Waals surface area contributed by atoms with Crippen LogP contribution in [0.15, 0.2) is 24.3 Å². The van der Waals surface area contributed by atoms with Crippen molar-refractivity contribution in [3.05, 3.63) is 29.3 Å². The Labute approximate surface area is 82.4 Å². The number of rotatable bonds is 3. The molecule has 0 aliphatic carbocycles. The van der Waals surface area contributed by atoms with E-state index in [1.807, 2.05) is 31.2 Å². The molecule has 0 unspecified atom stereocenters. The van der Waals surface area contributed by atoms with Crippen molar-refractivity contribution in [1.82, 2.24) is 0 Å². The van der Waals surface area contributed by atoms with Gasteiger partial charge >= 0.3 is 0 Å². The lowest BCUT2D eigenvalue weighted by Crippen LogP contribution is -2.18. The van der Waals surface area contributed by atoms with Crippen molar-refractivity contribution in [2.24, 2.45) is 0 Å². The first-order valence-corrected chi connectivity index (χ1v) is 4.68. The highest BCUT2D eigenvalue weighted by atomic mass is 35.5. The lowest BCUT2D eigenvalue weighted by atomic mass is 10.3. The fourth-order valence-corrected chi connectivity index (χ4v) is 1.32. The second-order valence-corrected chi connectivity index (χ2v) is 3.53. The molecule has 0 N–H and O–H groups in total. The van der Waals surface area contributed by atoms with Crippen LogP contribution in [0.3, 0.4) is 0 Å². The molecule has 1 aliphatic heterocycles. The van der Waals surface area contributed by atoms with Gasteiger partial charge in [0.05, 0.1) is 11.6 Å². The van der Waals surface area contributed by atoms with Gasteiger partial charge in [0.25, 0.3) is 0 Å². The zero-order chi connectivity index (χ0) is 9.26. The van der Waals surface area contributed by atoms with Crippen LogP contribution in [-0.2, 0) is 4.74 Å². The molecule has 0 saturated carbocycles. The molecule has 0 spiro atoms. The summed E-state index contributed by atoms with van der Waals surface area (Å²) < 4.78 is 10.7. The number of ether oxygens (including phenoxy) is 2. The molecule has 0 radical (unpaired) electrons. The van der Waals surface area contributed by atoms with Crippen LogP contribution >= 0.6 is 11.6 Å². The summed E-state index contributed by atoms with van der Waals surface area (Å²) in [7, 11) is 0. The van der Waals surface area contributed by atoms with Gasteiger partial charge < -0.3 is 9.47 Å². The zero-order valence-corrected chi connectivity index (χ0v) is 8.12. The van der Waals surface area contributed by atoms with E-state index in [-0.39, 0.29) is 12.2 Å². The van der Waals surface area contributed by atoms with Crippen molar-refractivity contribution in [2.75, 3.05) is 6.61 Å². The quantitative estimate of drug-likeness (QED) is 0.697. The normalized spacial score (nSPS) is 22.5. The summed E-state index contributed by atoms with van der Waals surface area (Å²) in [6.45, 7) is 2.78. The van der Waals surface area contributed by atoms with Crippen LogP contribution in [-0.4, -0.2) is 18.8 Å². The van der Waals surface area contributed by atoms with Crippen molar-refractivity contribution in [3.8, 4) is 5.75 Å². The Bertz CT molecular complexity index is 297. The molecule has 0 amide bonds. The molecule has 2 rings (SSSR count). The van der Waals surface area contributed by atoms with E-state index in [4.69, 9.17) is 21.1 Å². The second kappa shape index (κ2) is 3.56. The first-order valence-electron chi connectivity index (χ1n) is 4.30. The summed E-state index contributed by atoms with van der Waals surface area (Å²) in [6.07, 6.45) is 0.330. The highest BCUT2D eigenvalue weighted by molar-refractivity contribution is 6.32. The number of epoxide rings is 1. The first-order chi connectivity index (χ1) is 6.27. The van der Waals surface area contributed by atoms with Crippen LogP contribution in [0.5, 0.6) is 5.75 Å². The largest absolute Gasteiger partial charge is 0.486 e. The van der Waals surface area contributed by atoms with Crippen LogP contribution in [0.4, 0.5) is 0 Å². The minimum atomic E-state index is 0.0832. The third-order valence-corrected chi connectivity index (χ3v) is 2.34. The van der Waals surface area contributed by atoms with Crippen LogP contribution in [0.1, 0.15) is 6.92 Å². The molecule has 2 atom stereocenters. The van der Waals surface area contributed by atoms with Gasteiger partial charge in [0, 0.05) is 0 Å². The molecule has 1 aromatic carbocycles. The minimum Gasteiger partial charge on any atom is -0.486 e. The van der Waals surface area contributed by atoms with E-state index in [0.29, 0.717) is 5.02 Å². The maximum absolute atomic E-state index is 5.93. The topological polar surface area (TPSA) is 21.8 Å². The van der Waals surface area contributed by atoms with Crippen molar-refractivity contribution in [3.63, 3.8) is 0 Å². The third-order valence-electron chi connectivity index (χ3n) is 2.03. The van der Waals surface area contributed by atoms with Crippen molar-refractivity contribution < 1.29 is 9.47 Å². The van der Waals surface area contributed by atoms with Gasteiger partial charge in [-0.25, -0.2) is 0 Å². The van der Waals surface area contributed by atoms with E-state index in [1.54, 1.807) is 0 Å². The smallest absolute Gasteiger partial charge is 0.138 e. The van der Waals surface area contributed by atoms with Crippen molar-refractivity contribution in [2.45, 2.75) is 19.1 Å². The standard InChI is InChI=1S/C10H11ClO2/c1-7(10-6-12-10)13-9-5-3-2-4-8(9)11/h2-5,7,10H,6H2,1H3/t7-,10+/m0/s1. The van der Waals surface area contributed by atoms with Crippen molar-refractivity contribution >= 4 is 11.6 Å². The number of halogens is 1. The summed E-state index contributed by atoms with van der Waals surface area (Å²) in [6, 6.07) is 7.47. The fourth-order valence-electron chi connectivity index (χ4n) is 1.14. The third kappa shape index (κ3) is 2.14. The van der Waals surface area contributed by atoms with Gasteiger partial charge in [-0.15, -0.1) is 0 Å². The highest BCUT2D eigenvalue weighted by Crippen LogP contribution is 2.27. The SMILES string of the molecule is C[C@H](Oc1ccccc1Cl)[C@H]1CO1. The van der Waals surface area contributed by atoms with Crippen LogP contribution in [0, 0.1) is 0 Å². The Balaban J connectivity index is 2.03. The van der Waals surface area contributed by atoms with Crippen molar-refractivity contribution in [1.29, 1.82) is 0 Å². The summed E-state index contributed by atoms with van der Waals surface area (Å²) >= 11 is 5.93. The molecule has 1 saturated heterocycles. The average molecular weight is 199 g/mol. The predicted molar refractivity (Wildman–Crippen MR) is 51.3 cm³/mol. The van der Waals surface area contributed by atoms with Crippen LogP contribution < -0.4 is 4.74 Å². The summed E-state index contributed by atoms with van der Waals surface area (Å²) in [4.78, 5) is 0. The Morgan fingerprint density at radius 2 is 2.23 bits per heavy atom. The van der Waals surface area contributed by atoms with E-state index in [0.717, 1.165) is 12.4 Å². The maximum atomic E-state index is 5.93. The second-order valence-electron chi connectivity index (χ2n) is 3.13. The van der Waals surface area contributed by atoms with Crippen LogP contribution in [0.2, 0.25) is 5.02 Å². The van der Waals surface area contributed by atoms with E-state index in [1.165, 1.54) is 0 Å². The number of hydrogen-bond acceptors (Lipinski definition) is 2. The molecule has 1 fully saturated rings. The van der Waals surface area contributed by atoms with Gasteiger partial charge in [-0.1, -0.05) is 23.7 Å². The number of para-hydroxylation sites is 1. The number of hydrogen-bond donors (Lipinski definition) is 0. The molecule has 0 aromatic heterocycles. The fraction of sp³-hybridized carbons (Fsp3) is 0.400. The molecular weight excluding hydrogens is 188 g/mol. The molecule has 13 heavy (non-hydrogen) atoms. The average Bonchev–Trinajstić information content (AvgIpc) is 2.91. The first kappa shape index (κ1) is 8.85. The Morgan fingerprint density at radius 3 is 2.85 bits per heavy atom. The zero-order valence-electron chi connectivity index (χ0n) is 7.37. The van der Waals surface area contributed by atoms with E-state index in [9.17, 15) is 0 Å². The summed E-state index contributed by atoms with van der Waals surface area (Å²) in [5.41, 5.74) is 0. The van der Waals surface area contributed by atoms with Gasteiger partial charge in [0.1, 0.15) is 18.0 Å². The van der Waals surface area contributed by atoms with Gasteiger partial charge in [0.15, 0.2) is 0 Å². The molecule has 1 aliphatic rings. The van der Waals surface area contributed by atoms with Gasteiger partial charge in [-0.05, 0) is 19.1 Å². The van der Waals surface area contributed by atoms with Gasteiger partial charge in [0.2, 0.25) is 0 Å². The van der Waals surface area contributed by atoms with E-state index < -0.39 is 0 Å². The Hall–Kier alpha value is -0.730. The monoisotopic (exact) mass is 198 g/mol. The summed E-state index contributed by atoms with van der Waals surface area (Å²) in [5, 5.41) is 0.648. The molecule has 3 heteroatoms. The summed E-state index contributed by atoms with van der Waals surface area (Å²) in [5.74, 6) is 0.729. The molecule has 1 heterocycles. The van der Waals surface area contributed by atoms with Gasteiger partial charge in [-0.2, -0.15) is 0 Å². The van der Waals surface area contributed by atoms with Gasteiger partial charge in [-0.3, -0.25) is 0 Å². The Kier molecular flexibility index (Phi) is 2.42. The molecule has 70 valence electrons. The van der Waals surface area contributed by atoms with E-state index in [2.05, 4.69) is 0 Å². The molecule has 1 aromatic rings. The molecular formula is C10H11ClO2. The van der Waals surface area contributed by atoms with Crippen LogP contribution in [0.25, 0.3) is 0 Å². The predicted octanol–water partition coefficient (Wildman–Crippen LogP) is 2.51. The lowest BCUT2D eigenvalue weighted by molar-refractivity contribution is 0.176. The minimum absolute atomic E-state index is 0.0832. The van der Waals surface area contributed by atoms with E-state index >= 15 is 0 Å².